The first-order valence-electron chi connectivity index (χ1n) is 9.92. The number of unbranched alkanes of at least 4 members (excludes halogenated alkanes) is 9. The molecule has 0 heterocycles. The second-order valence-electron chi connectivity index (χ2n) is 6.62. The van der Waals surface area contributed by atoms with Crippen LogP contribution in [-0.2, 0) is 4.79 Å². The highest BCUT2D eigenvalue weighted by Gasteiger charge is 1.99. The van der Waals surface area contributed by atoms with Gasteiger partial charge in [0.15, 0.2) is 0 Å². The first-order chi connectivity index (χ1) is 11.7. The first kappa shape index (κ1) is 22.7. The lowest BCUT2D eigenvalue weighted by molar-refractivity contribution is -0.117. The minimum Gasteiger partial charge on any atom is -0.352 e. The van der Waals surface area contributed by atoms with Crippen molar-refractivity contribution in [2.24, 2.45) is 0 Å². The molecule has 24 heavy (non-hydrogen) atoms. The fourth-order valence-electron chi connectivity index (χ4n) is 2.47. The SMILES string of the molecule is C=C(C)C(=O)NCCCCCCCC/C=C\C/C=C\CCCCC. The molecule has 0 fully saturated rings. The third-order valence-electron chi connectivity index (χ3n) is 4.05. The van der Waals surface area contributed by atoms with Gasteiger partial charge < -0.3 is 5.32 Å². The average Bonchev–Trinajstić information content (AvgIpc) is 2.57. The zero-order chi connectivity index (χ0) is 17.9. The van der Waals surface area contributed by atoms with Crippen LogP contribution in [0.25, 0.3) is 0 Å². The van der Waals surface area contributed by atoms with E-state index in [1.165, 1.54) is 64.2 Å². The van der Waals surface area contributed by atoms with Gasteiger partial charge >= 0.3 is 0 Å². The van der Waals surface area contributed by atoms with Gasteiger partial charge in [-0.2, -0.15) is 0 Å². The van der Waals surface area contributed by atoms with Crippen molar-refractivity contribution < 1.29 is 4.79 Å². The zero-order valence-electron chi connectivity index (χ0n) is 16.1. The van der Waals surface area contributed by atoms with Gasteiger partial charge in [0.2, 0.25) is 5.91 Å². The Balaban J connectivity index is 3.23. The van der Waals surface area contributed by atoms with Gasteiger partial charge in [-0.1, -0.05) is 76.3 Å². The van der Waals surface area contributed by atoms with Crippen LogP contribution in [0.2, 0.25) is 0 Å². The minimum atomic E-state index is -0.0161. The van der Waals surface area contributed by atoms with Crippen molar-refractivity contribution in [3.05, 3.63) is 36.5 Å². The smallest absolute Gasteiger partial charge is 0.246 e. The molecule has 0 spiro atoms. The Morgan fingerprint density at radius 3 is 1.96 bits per heavy atom. The molecule has 0 aliphatic heterocycles. The van der Waals surface area contributed by atoms with E-state index in [4.69, 9.17) is 0 Å². The molecule has 0 saturated heterocycles. The van der Waals surface area contributed by atoms with Gasteiger partial charge in [0.1, 0.15) is 0 Å². The molecule has 1 amide bonds. The van der Waals surface area contributed by atoms with Gasteiger partial charge in [0, 0.05) is 12.1 Å². The third kappa shape index (κ3) is 17.1. The highest BCUT2D eigenvalue weighted by Crippen LogP contribution is 2.08. The van der Waals surface area contributed by atoms with Crippen LogP contribution in [0.4, 0.5) is 0 Å². The van der Waals surface area contributed by atoms with Gasteiger partial charge in [-0.25, -0.2) is 0 Å². The van der Waals surface area contributed by atoms with E-state index in [1.54, 1.807) is 6.92 Å². The lowest BCUT2D eigenvalue weighted by Crippen LogP contribution is -2.24. The summed E-state index contributed by atoms with van der Waals surface area (Å²) >= 11 is 0. The van der Waals surface area contributed by atoms with E-state index in [9.17, 15) is 4.79 Å². The maximum Gasteiger partial charge on any atom is 0.246 e. The van der Waals surface area contributed by atoms with E-state index < -0.39 is 0 Å². The Bertz CT molecular complexity index is 368. The number of amides is 1. The van der Waals surface area contributed by atoms with Crippen molar-refractivity contribution in [2.75, 3.05) is 6.54 Å². The number of hydrogen-bond donors (Lipinski definition) is 1. The summed E-state index contributed by atoms with van der Waals surface area (Å²) in [5.74, 6) is -0.0161. The Labute approximate surface area is 150 Å². The summed E-state index contributed by atoms with van der Waals surface area (Å²) in [6, 6.07) is 0. The summed E-state index contributed by atoms with van der Waals surface area (Å²) in [7, 11) is 0. The molecule has 0 radical (unpaired) electrons. The standard InChI is InChI=1S/C22H39NO/c1-4-5-6-7-8-9-10-11-12-13-14-15-16-17-18-19-20-23-22(24)21(2)3/h8-9,11-12H,2,4-7,10,13-20H2,1,3H3,(H,23,24)/b9-8-,12-11-. The van der Waals surface area contributed by atoms with Crippen LogP contribution >= 0.6 is 0 Å². The van der Waals surface area contributed by atoms with Crippen LogP contribution in [0.5, 0.6) is 0 Å². The summed E-state index contributed by atoms with van der Waals surface area (Å²) in [5, 5.41) is 2.88. The summed E-state index contributed by atoms with van der Waals surface area (Å²) in [5.41, 5.74) is 0.593. The molecular formula is C22H39NO. The van der Waals surface area contributed by atoms with Gasteiger partial charge in [-0.15, -0.1) is 0 Å². The van der Waals surface area contributed by atoms with E-state index in [-0.39, 0.29) is 5.91 Å². The summed E-state index contributed by atoms with van der Waals surface area (Å²) < 4.78 is 0. The lowest BCUT2D eigenvalue weighted by Gasteiger charge is -2.04. The van der Waals surface area contributed by atoms with E-state index in [2.05, 4.69) is 43.1 Å². The fraction of sp³-hybridized carbons (Fsp3) is 0.682. The Hall–Kier alpha value is -1.31. The molecule has 0 rings (SSSR count). The van der Waals surface area contributed by atoms with Crippen molar-refractivity contribution in [1.82, 2.24) is 5.32 Å². The van der Waals surface area contributed by atoms with Gasteiger partial charge in [-0.05, 0) is 45.4 Å². The van der Waals surface area contributed by atoms with E-state index >= 15 is 0 Å². The predicted octanol–water partition coefficient (Wildman–Crippen LogP) is 6.49. The molecule has 0 unspecified atom stereocenters. The Kier molecular flexibility index (Phi) is 17.1. The molecular weight excluding hydrogens is 294 g/mol. The van der Waals surface area contributed by atoms with Gasteiger partial charge in [0.05, 0.1) is 0 Å². The number of rotatable bonds is 16. The first-order valence-corrected chi connectivity index (χ1v) is 9.92. The topological polar surface area (TPSA) is 29.1 Å². The molecule has 2 heteroatoms. The van der Waals surface area contributed by atoms with Crippen molar-refractivity contribution in [1.29, 1.82) is 0 Å². The largest absolute Gasteiger partial charge is 0.352 e. The molecule has 0 aromatic heterocycles. The number of carbonyl (C=O) groups is 1. The second-order valence-corrected chi connectivity index (χ2v) is 6.62. The molecule has 0 aliphatic rings. The maximum atomic E-state index is 11.3. The quantitative estimate of drug-likeness (QED) is 0.195. The third-order valence-corrected chi connectivity index (χ3v) is 4.05. The van der Waals surface area contributed by atoms with Crippen molar-refractivity contribution in [3.63, 3.8) is 0 Å². The van der Waals surface area contributed by atoms with Gasteiger partial charge in [-0.3, -0.25) is 4.79 Å². The molecule has 0 aromatic rings. The second kappa shape index (κ2) is 18.0. The highest BCUT2D eigenvalue weighted by atomic mass is 16.1. The van der Waals surface area contributed by atoms with E-state index in [1.807, 2.05) is 0 Å². The summed E-state index contributed by atoms with van der Waals surface area (Å²) in [6.07, 6.45) is 24.2. The molecule has 0 aliphatic carbocycles. The van der Waals surface area contributed by atoms with Crippen LogP contribution in [0, 0.1) is 0 Å². The fourth-order valence-corrected chi connectivity index (χ4v) is 2.47. The molecule has 138 valence electrons. The molecule has 0 saturated carbocycles. The maximum absolute atomic E-state index is 11.3. The van der Waals surface area contributed by atoms with Crippen LogP contribution in [0.1, 0.15) is 90.9 Å². The van der Waals surface area contributed by atoms with Crippen LogP contribution in [0.3, 0.4) is 0 Å². The normalized spacial score (nSPS) is 11.4. The molecule has 0 bridgehead atoms. The van der Waals surface area contributed by atoms with Crippen LogP contribution in [0.15, 0.2) is 36.5 Å². The molecule has 0 atom stereocenters. The van der Waals surface area contributed by atoms with Crippen molar-refractivity contribution in [3.8, 4) is 0 Å². The number of carbonyl (C=O) groups excluding carboxylic acids is 1. The summed E-state index contributed by atoms with van der Waals surface area (Å²) in [6.45, 7) is 8.40. The Morgan fingerprint density at radius 1 is 0.833 bits per heavy atom. The number of nitrogens with one attached hydrogen (secondary N) is 1. The molecule has 2 nitrogen and oxygen atoms in total. The number of allylic oxidation sites excluding steroid dienone is 4. The molecule has 1 N–H and O–H groups in total. The Morgan fingerprint density at radius 2 is 1.38 bits per heavy atom. The predicted molar refractivity (Wildman–Crippen MR) is 107 cm³/mol. The summed E-state index contributed by atoms with van der Waals surface area (Å²) in [4.78, 5) is 11.3. The zero-order valence-corrected chi connectivity index (χ0v) is 16.1. The minimum absolute atomic E-state index is 0.0161. The lowest BCUT2D eigenvalue weighted by atomic mass is 10.1. The average molecular weight is 334 g/mol. The van der Waals surface area contributed by atoms with Crippen LogP contribution < -0.4 is 5.32 Å². The van der Waals surface area contributed by atoms with E-state index in [0.29, 0.717) is 5.57 Å². The monoisotopic (exact) mass is 333 g/mol. The van der Waals surface area contributed by atoms with Crippen LogP contribution in [-0.4, -0.2) is 12.5 Å². The number of hydrogen-bond acceptors (Lipinski definition) is 1. The van der Waals surface area contributed by atoms with Gasteiger partial charge in [0.25, 0.3) is 0 Å². The van der Waals surface area contributed by atoms with Crippen molar-refractivity contribution >= 4 is 5.91 Å². The highest BCUT2D eigenvalue weighted by molar-refractivity contribution is 5.91. The van der Waals surface area contributed by atoms with E-state index in [0.717, 1.165) is 19.4 Å². The molecule has 0 aromatic carbocycles. The van der Waals surface area contributed by atoms with Crippen molar-refractivity contribution in [2.45, 2.75) is 90.9 Å².